The Morgan fingerprint density at radius 3 is 2.46 bits per heavy atom. The number of aryl methyl sites for hydroxylation is 2. The van der Waals surface area contributed by atoms with Crippen LogP contribution in [0.1, 0.15) is 80.9 Å². The molecule has 0 spiro atoms. The zero-order valence-electron chi connectivity index (χ0n) is 22.8. The van der Waals surface area contributed by atoms with Gasteiger partial charge in [0.15, 0.2) is 0 Å². The summed E-state index contributed by atoms with van der Waals surface area (Å²) in [6.45, 7) is 11.1. The van der Waals surface area contributed by atoms with Crippen molar-refractivity contribution in [1.29, 1.82) is 0 Å². The SMILES string of the molecule is CCc1ccccc1COc1ccc(CCC(=O)O)c(C(=O)NC(CC(C)C)C2C=C(C)C=C(C)C2)c1. The maximum absolute atomic E-state index is 13.7. The minimum Gasteiger partial charge on any atom is -0.489 e. The van der Waals surface area contributed by atoms with Gasteiger partial charge in [-0.15, -0.1) is 0 Å². The number of carboxylic acids is 1. The van der Waals surface area contributed by atoms with Gasteiger partial charge in [-0.25, -0.2) is 0 Å². The first-order valence-corrected chi connectivity index (χ1v) is 13.4. The normalized spacial score (nSPS) is 16.1. The molecule has 0 aliphatic heterocycles. The first-order chi connectivity index (χ1) is 17.7. The summed E-state index contributed by atoms with van der Waals surface area (Å²) >= 11 is 0. The van der Waals surface area contributed by atoms with Crippen LogP contribution < -0.4 is 10.1 Å². The van der Waals surface area contributed by atoms with Crippen molar-refractivity contribution in [3.8, 4) is 5.75 Å². The van der Waals surface area contributed by atoms with Crippen molar-refractivity contribution >= 4 is 11.9 Å². The molecule has 0 aromatic heterocycles. The van der Waals surface area contributed by atoms with Gasteiger partial charge in [0, 0.05) is 23.9 Å². The number of carbonyl (C=O) groups is 2. The van der Waals surface area contributed by atoms with E-state index in [0.29, 0.717) is 23.8 Å². The molecule has 3 rings (SSSR count). The standard InChI is InChI=1S/C32H41NO4/c1-6-24-9-7-8-10-26(24)20-37-28-13-11-25(12-14-31(34)35)29(19-28)32(36)33-30(15-21(2)3)27-17-22(4)16-23(5)18-27/h7-11,13,16-17,19,21,27,30H,6,12,14-15,18,20H2,1-5H3,(H,33,36)(H,34,35). The molecular formula is C32H41NO4. The van der Waals surface area contributed by atoms with Gasteiger partial charge in [0.05, 0.1) is 0 Å². The molecule has 2 N–H and O–H groups in total. The van der Waals surface area contributed by atoms with Crippen molar-refractivity contribution in [3.05, 3.63) is 88.0 Å². The number of allylic oxidation sites excluding steroid dienone is 3. The van der Waals surface area contributed by atoms with Crippen LogP contribution in [0, 0.1) is 11.8 Å². The molecule has 37 heavy (non-hydrogen) atoms. The van der Waals surface area contributed by atoms with E-state index in [4.69, 9.17) is 4.74 Å². The van der Waals surface area contributed by atoms with Gasteiger partial charge in [0.1, 0.15) is 12.4 Å². The third kappa shape index (κ3) is 8.34. The fraction of sp³-hybridized carbons (Fsp3) is 0.438. The second-order valence-electron chi connectivity index (χ2n) is 10.6. The monoisotopic (exact) mass is 503 g/mol. The minimum atomic E-state index is -0.884. The lowest BCUT2D eigenvalue weighted by atomic mass is 9.82. The van der Waals surface area contributed by atoms with Crippen molar-refractivity contribution in [2.45, 2.75) is 79.4 Å². The largest absolute Gasteiger partial charge is 0.489 e. The molecule has 2 aromatic carbocycles. The maximum Gasteiger partial charge on any atom is 0.303 e. The molecule has 0 heterocycles. The molecule has 198 valence electrons. The molecule has 0 bridgehead atoms. The lowest BCUT2D eigenvalue weighted by molar-refractivity contribution is -0.136. The number of carboxylic acid groups (broad SMARTS) is 1. The molecule has 2 unspecified atom stereocenters. The Balaban J connectivity index is 1.85. The van der Waals surface area contributed by atoms with Gasteiger partial charge in [-0.1, -0.05) is 74.4 Å². The smallest absolute Gasteiger partial charge is 0.303 e. The summed E-state index contributed by atoms with van der Waals surface area (Å²) in [4.78, 5) is 25.0. The fourth-order valence-electron chi connectivity index (χ4n) is 5.14. The minimum absolute atomic E-state index is 0.0144. The van der Waals surface area contributed by atoms with Crippen LogP contribution in [0.5, 0.6) is 5.75 Å². The lowest BCUT2D eigenvalue weighted by Crippen LogP contribution is -2.41. The quantitative estimate of drug-likeness (QED) is 0.330. The predicted octanol–water partition coefficient (Wildman–Crippen LogP) is 6.90. The van der Waals surface area contributed by atoms with E-state index in [1.54, 1.807) is 6.07 Å². The second kappa shape index (κ2) is 13.3. The Bertz CT molecular complexity index is 1160. The lowest BCUT2D eigenvalue weighted by Gasteiger charge is -2.30. The van der Waals surface area contributed by atoms with Gasteiger partial charge >= 0.3 is 5.97 Å². The number of carbonyl (C=O) groups excluding carboxylic acids is 1. The van der Waals surface area contributed by atoms with E-state index in [2.05, 4.69) is 64.2 Å². The Kier molecular flexibility index (Phi) is 10.1. The number of aliphatic carboxylic acids is 1. The molecule has 0 saturated carbocycles. The molecule has 0 saturated heterocycles. The van der Waals surface area contributed by atoms with Gasteiger partial charge in [-0.05, 0) is 74.3 Å². The van der Waals surface area contributed by atoms with Crippen LogP contribution in [-0.4, -0.2) is 23.0 Å². The molecule has 5 heteroatoms. The maximum atomic E-state index is 13.7. The third-order valence-corrected chi connectivity index (χ3v) is 6.90. The number of hydrogen-bond donors (Lipinski definition) is 2. The van der Waals surface area contributed by atoms with Crippen LogP contribution in [0.15, 0.2) is 65.8 Å². The molecule has 2 atom stereocenters. The van der Waals surface area contributed by atoms with Gasteiger partial charge in [-0.2, -0.15) is 0 Å². The first-order valence-electron chi connectivity index (χ1n) is 13.4. The fourth-order valence-corrected chi connectivity index (χ4v) is 5.14. The van der Waals surface area contributed by atoms with Crippen molar-refractivity contribution in [2.24, 2.45) is 11.8 Å². The van der Waals surface area contributed by atoms with E-state index in [1.165, 1.54) is 16.7 Å². The van der Waals surface area contributed by atoms with E-state index in [9.17, 15) is 14.7 Å². The highest BCUT2D eigenvalue weighted by molar-refractivity contribution is 5.96. The van der Waals surface area contributed by atoms with Crippen molar-refractivity contribution < 1.29 is 19.4 Å². The molecule has 1 amide bonds. The van der Waals surface area contributed by atoms with Gasteiger partial charge in [-0.3, -0.25) is 9.59 Å². The summed E-state index contributed by atoms with van der Waals surface area (Å²) in [7, 11) is 0. The zero-order valence-corrected chi connectivity index (χ0v) is 22.8. The molecule has 5 nitrogen and oxygen atoms in total. The molecular weight excluding hydrogens is 462 g/mol. The topological polar surface area (TPSA) is 75.6 Å². The van der Waals surface area contributed by atoms with E-state index in [1.807, 2.05) is 24.3 Å². The number of benzene rings is 2. The summed E-state index contributed by atoms with van der Waals surface area (Å²) in [5.74, 6) is 0.186. The summed E-state index contributed by atoms with van der Waals surface area (Å²) < 4.78 is 6.11. The van der Waals surface area contributed by atoms with Crippen molar-refractivity contribution in [3.63, 3.8) is 0 Å². The van der Waals surface area contributed by atoms with Gasteiger partial charge in [0.2, 0.25) is 0 Å². The Morgan fingerprint density at radius 1 is 1.08 bits per heavy atom. The van der Waals surface area contributed by atoms with Crippen molar-refractivity contribution in [1.82, 2.24) is 5.32 Å². The molecule has 0 radical (unpaired) electrons. The van der Waals surface area contributed by atoms with E-state index in [-0.39, 0.29) is 30.7 Å². The summed E-state index contributed by atoms with van der Waals surface area (Å²) in [6, 6.07) is 13.6. The third-order valence-electron chi connectivity index (χ3n) is 6.90. The molecule has 1 aliphatic carbocycles. The highest BCUT2D eigenvalue weighted by Gasteiger charge is 2.26. The van der Waals surface area contributed by atoms with Crippen LogP contribution in [0.3, 0.4) is 0 Å². The Morgan fingerprint density at radius 2 is 1.81 bits per heavy atom. The average Bonchev–Trinajstić information content (AvgIpc) is 2.85. The van der Waals surface area contributed by atoms with Crippen molar-refractivity contribution in [2.75, 3.05) is 0 Å². The van der Waals surface area contributed by atoms with E-state index >= 15 is 0 Å². The highest BCUT2D eigenvalue weighted by Crippen LogP contribution is 2.29. The number of ether oxygens (including phenoxy) is 1. The van der Waals surface area contributed by atoms with Gasteiger partial charge < -0.3 is 15.2 Å². The van der Waals surface area contributed by atoms with Crippen LogP contribution in [0.25, 0.3) is 0 Å². The first kappa shape index (κ1) is 28.2. The van der Waals surface area contributed by atoms with E-state index < -0.39 is 5.97 Å². The number of hydrogen-bond acceptors (Lipinski definition) is 3. The van der Waals surface area contributed by atoms with Crippen LogP contribution >= 0.6 is 0 Å². The summed E-state index contributed by atoms with van der Waals surface area (Å²) in [6.07, 6.45) is 7.41. The predicted molar refractivity (Wildman–Crippen MR) is 149 cm³/mol. The van der Waals surface area contributed by atoms with Crippen LogP contribution in [0.4, 0.5) is 0 Å². The molecule has 1 aliphatic rings. The van der Waals surface area contributed by atoms with Crippen LogP contribution in [-0.2, 0) is 24.2 Å². The summed E-state index contributed by atoms with van der Waals surface area (Å²) in [5, 5.41) is 12.6. The van der Waals surface area contributed by atoms with Gasteiger partial charge in [0.25, 0.3) is 5.91 Å². The second-order valence-corrected chi connectivity index (χ2v) is 10.6. The zero-order chi connectivity index (χ0) is 26.9. The molecule has 2 aromatic rings. The Hall–Kier alpha value is -3.34. The average molecular weight is 504 g/mol. The Labute approximate surface area is 221 Å². The molecule has 0 fully saturated rings. The highest BCUT2D eigenvalue weighted by atomic mass is 16.5. The van der Waals surface area contributed by atoms with Crippen LogP contribution in [0.2, 0.25) is 0 Å². The summed E-state index contributed by atoms with van der Waals surface area (Å²) in [5.41, 5.74) is 6.09. The number of amides is 1. The number of rotatable bonds is 12. The van der Waals surface area contributed by atoms with E-state index in [0.717, 1.165) is 30.4 Å². The number of nitrogens with one attached hydrogen (secondary N) is 1.